The maximum Gasteiger partial charge on any atom is 0.141 e. The Bertz CT molecular complexity index is 507. The molecule has 0 aliphatic heterocycles. The van der Waals surface area contributed by atoms with E-state index in [0.717, 1.165) is 18.7 Å². The molecule has 2 N–H and O–H groups in total. The standard InChI is InChI=1S/C15H18FN3.ClH/c16-15-8-14(9-18-10-15)12-19(7-6-17)11-13-4-2-1-3-5-13;/h1-5,8-10H,6-7,11-12,17H2;1H. The maximum absolute atomic E-state index is 13.1. The first-order chi connectivity index (χ1) is 9.28. The van der Waals surface area contributed by atoms with Crippen LogP contribution in [0.2, 0.25) is 0 Å². The number of pyridine rings is 1. The van der Waals surface area contributed by atoms with Gasteiger partial charge in [-0.05, 0) is 17.2 Å². The number of rotatable bonds is 6. The molecule has 0 unspecified atom stereocenters. The zero-order valence-corrected chi connectivity index (χ0v) is 12.0. The van der Waals surface area contributed by atoms with Gasteiger partial charge in [-0.2, -0.15) is 0 Å². The van der Waals surface area contributed by atoms with Crippen LogP contribution in [0.15, 0.2) is 48.8 Å². The van der Waals surface area contributed by atoms with Crippen LogP contribution >= 0.6 is 12.4 Å². The molecule has 2 rings (SSSR count). The lowest BCUT2D eigenvalue weighted by Crippen LogP contribution is -2.28. The number of hydrogen-bond donors (Lipinski definition) is 1. The van der Waals surface area contributed by atoms with Gasteiger partial charge in [-0.3, -0.25) is 9.88 Å². The molecule has 0 saturated carbocycles. The van der Waals surface area contributed by atoms with E-state index in [1.165, 1.54) is 17.8 Å². The van der Waals surface area contributed by atoms with E-state index >= 15 is 0 Å². The van der Waals surface area contributed by atoms with Crippen LogP contribution in [0.1, 0.15) is 11.1 Å². The van der Waals surface area contributed by atoms with Gasteiger partial charge in [-0.1, -0.05) is 30.3 Å². The van der Waals surface area contributed by atoms with E-state index < -0.39 is 0 Å². The molecule has 0 atom stereocenters. The van der Waals surface area contributed by atoms with E-state index in [0.29, 0.717) is 13.1 Å². The van der Waals surface area contributed by atoms with E-state index in [1.807, 2.05) is 18.2 Å². The van der Waals surface area contributed by atoms with Crippen molar-refractivity contribution in [3.05, 3.63) is 65.7 Å². The van der Waals surface area contributed by atoms with E-state index in [-0.39, 0.29) is 18.2 Å². The van der Waals surface area contributed by atoms with Crippen molar-refractivity contribution in [1.29, 1.82) is 0 Å². The first-order valence-electron chi connectivity index (χ1n) is 6.33. The van der Waals surface area contributed by atoms with Crippen molar-refractivity contribution in [3.8, 4) is 0 Å². The molecule has 1 aromatic carbocycles. The fraction of sp³-hybridized carbons (Fsp3) is 0.267. The normalized spacial score (nSPS) is 10.3. The molecule has 0 bridgehead atoms. The van der Waals surface area contributed by atoms with E-state index in [2.05, 4.69) is 22.0 Å². The molecule has 2 aromatic rings. The number of halogens is 2. The van der Waals surface area contributed by atoms with Crippen molar-refractivity contribution >= 4 is 12.4 Å². The van der Waals surface area contributed by atoms with Crippen LogP contribution in [-0.4, -0.2) is 23.0 Å². The number of nitrogens with two attached hydrogens (primary N) is 1. The van der Waals surface area contributed by atoms with Gasteiger partial charge in [-0.25, -0.2) is 4.39 Å². The molecule has 0 aliphatic carbocycles. The molecule has 0 radical (unpaired) electrons. The van der Waals surface area contributed by atoms with Crippen LogP contribution in [0.4, 0.5) is 4.39 Å². The van der Waals surface area contributed by atoms with Gasteiger partial charge in [0.15, 0.2) is 0 Å². The van der Waals surface area contributed by atoms with Crippen molar-refractivity contribution in [2.24, 2.45) is 5.73 Å². The second-order valence-corrected chi connectivity index (χ2v) is 4.50. The fourth-order valence-corrected chi connectivity index (χ4v) is 2.04. The average molecular weight is 296 g/mol. The SMILES string of the molecule is Cl.NCCN(Cc1ccccc1)Cc1cncc(F)c1. The van der Waals surface area contributed by atoms with Crippen LogP contribution in [0.5, 0.6) is 0 Å². The van der Waals surface area contributed by atoms with Gasteiger partial charge in [-0.15, -0.1) is 12.4 Å². The molecular formula is C15H19ClFN3. The Morgan fingerprint density at radius 2 is 1.75 bits per heavy atom. The second kappa shape index (κ2) is 8.64. The van der Waals surface area contributed by atoms with Crippen molar-refractivity contribution in [2.45, 2.75) is 13.1 Å². The van der Waals surface area contributed by atoms with Crippen molar-refractivity contribution < 1.29 is 4.39 Å². The largest absolute Gasteiger partial charge is 0.329 e. The Labute approximate surface area is 125 Å². The third-order valence-corrected chi connectivity index (χ3v) is 2.86. The first-order valence-corrected chi connectivity index (χ1v) is 6.33. The van der Waals surface area contributed by atoms with Crippen LogP contribution in [-0.2, 0) is 13.1 Å². The highest BCUT2D eigenvalue weighted by atomic mass is 35.5. The zero-order valence-electron chi connectivity index (χ0n) is 11.2. The highest BCUT2D eigenvalue weighted by Gasteiger charge is 2.07. The molecule has 0 fully saturated rings. The van der Waals surface area contributed by atoms with Crippen LogP contribution in [0.25, 0.3) is 0 Å². The minimum absolute atomic E-state index is 0. The lowest BCUT2D eigenvalue weighted by molar-refractivity contribution is 0.263. The molecular weight excluding hydrogens is 277 g/mol. The summed E-state index contributed by atoms with van der Waals surface area (Å²) in [5, 5.41) is 0. The van der Waals surface area contributed by atoms with Crippen LogP contribution in [0.3, 0.4) is 0 Å². The first kappa shape index (κ1) is 16.6. The summed E-state index contributed by atoms with van der Waals surface area (Å²) in [5.74, 6) is -0.301. The number of hydrogen-bond acceptors (Lipinski definition) is 3. The van der Waals surface area contributed by atoms with Crippen LogP contribution in [0, 0.1) is 5.82 Å². The molecule has 3 nitrogen and oxygen atoms in total. The summed E-state index contributed by atoms with van der Waals surface area (Å²) in [6, 6.07) is 11.7. The third kappa shape index (κ3) is 5.25. The van der Waals surface area contributed by atoms with Gasteiger partial charge in [0.1, 0.15) is 5.82 Å². The summed E-state index contributed by atoms with van der Waals surface area (Å²) < 4.78 is 13.1. The van der Waals surface area contributed by atoms with E-state index in [4.69, 9.17) is 5.73 Å². The topological polar surface area (TPSA) is 42.1 Å². The molecule has 5 heteroatoms. The third-order valence-electron chi connectivity index (χ3n) is 2.86. The Hall–Kier alpha value is -1.49. The highest BCUT2D eigenvalue weighted by molar-refractivity contribution is 5.85. The summed E-state index contributed by atoms with van der Waals surface area (Å²) in [6.45, 7) is 2.80. The summed E-state index contributed by atoms with van der Waals surface area (Å²) in [5.41, 5.74) is 7.72. The average Bonchev–Trinajstić information content (AvgIpc) is 2.40. The Balaban J connectivity index is 0.00000200. The van der Waals surface area contributed by atoms with E-state index in [9.17, 15) is 4.39 Å². The minimum Gasteiger partial charge on any atom is -0.329 e. The molecule has 0 spiro atoms. The summed E-state index contributed by atoms with van der Waals surface area (Å²) >= 11 is 0. The van der Waals surface area contributed by atoms with Gasteiger partial charge in [0.2, 0.25) is 0 Å². The Morgan fingerprint density at radius 1 is 1.05 bits per heavy atom. The molecule has 1 aromatic heterocycles. The molecule has 0 aliphatic rings. The monoisotopic (exact) mass is 295 g/mol. The van der Waals surface area contributed by atoms with Crippen molar-refractivity contribution in [1.82, 2.24) is 9.88 Å². The van der Waals surface area contributed by atoms with Gasteiger partial charge < -0.3 is 5.73 Å². The zero-order chi connectivity index (χ0) is 13.5. The van der Waals surface area contributed by atoms with Gasteiger partial charge >= 0.3 is 0 Å². The second-order valence-electron chi connectivity index (χ2n) is 4.50. The fourth-order valence-electron chi connectivity index (χ4n) is 2.04. The minimum atomic E-state index is -0.301. The van der Waals surface area contributed by atoms with Gasteiger partial charge in [0, 0.05) is 32.4 Å². The van der Waals surface area contributed by atoms with Gasteiger partial charge in [0.25, 0.3) is 0 Å². The lowest BCUT2D eigenvalue weighted by atomic mass is 10.2. The summed E-state index contributed by atoms with van der Waals surface area (Å²) in [6.07, 6.45) is 2.91. The number of nitrogens with zero attached hydrogens (tertiary/aromatic N) is 2. The number of aromatic nitrogens is 1. The molecule has 20 heavy (non-hydrogen) atoms. The quantitative estimate of drug-likeness (QED) is 0.891. The van der Waals surface area contributed by atoms with Crippen LogP contribution < -0.4 is 5.73 Å². The molecule has 0 saturated heterocycles. The van der Waals surface area contributed by atoms with Crippen molar-refractivity contribution in [2.75, 3.05) is 13.1 Å². The summed E-state index contributed by atoms with van der Waals surface area (Å²) in [4.78, 5) is 6.06. The molecule has 1 heterocycles. The number of benzene rings is 1. The van der Waals surface area contributed by atoms with E-state index in [1.54, 1.807) is 6.20 Å². The Kier molecular flexibility index (Phi) is 7.15. The predicted molar refractivity (Wildman–Crippen MR) is 81.1 cm³/mol. The molecule has 0 amide bonds. The van der Waals surface area contributed by atoms with Crippen molar-refractivity contribution in [3.63, 3.8) is 0 Å². The maximum atomic E-state index is 13.1. The highest BCUT2D eigenvalue weighted by Crippen LogP contribution is 2.09. The predicted octanol–water partition coefficient (Wildman–Crippen LogP) is 2.60. The Morgan fingerprint density at radius 3 is 2.40 bits per heavy atom. The molecule has 108 valence electrons. The lowest BCUT2D eigenvalue weighted by Gasteiger charge is -2.21. The smallest absolute Gasteiger partial charge is 0.141 e. The van der Waals surface area contributed by atoms with Gasteiger partial charge in [0.05, 0.1) is 6.20 Å². The summed E-state index contributed by atoms with van der Waals surface area (Å²) in [7, 11) is 0.